The van der Waals surface area contributed by atoms with Gasteiger partial charge in [0.25, 0.3) is 0 Å². The van der Waals surface area contributed by atoms with E-state index in [1.807, 2.05) is 6.07 Å². The van der Waals surface area contributed by atoms with Gasteiger partial charge in [0.2, 0.25) is 6.41 Å². The van der Waals surface area contributed by atoms with Crippen LogP contribution in [0, 0.1) is 0 Å². The summed E-state index contributed by atoms with van der Waals surface area (Å²) in [4.78, 5) is 23.3. The van der Waals surface area contributed by atoms with Gasteiger partial charge in [-0.15, -0.1) is 0 Å². The van der Waals surface area contributed by atoms with Gasteiger partial charge in [-0.05, 0) is 41.0 Å². The van der Waals surface area contributed by atoms with E-state index in [2.05, 4.69) is 0 Å². The van der Waals surface area contributed by atoms with Crippen molar-refractivity contribution >= 4 is 35.6 Å². The molecule has 0 aliphatic heterocycles. The number of benzene rings is 2. The van der Waals surface area contributed by atoms with Crippen LogP contribution in [0.25, 0.3) is 11.1 Å². The highest BCUT2D eigenvalue weighted by Gasteiger charge is 2.13. The lowest BCUT2D eigenvalue weighted by atomic mass is 9.98. The number of hydrogen-bond acceptors (Lipinski definition) is 2. The third-order valence-electron chi connectivity index (χ3n) is 3.18. The zero-order valence-electron chi connectivity index (χ0n) is 11.7. The molecular weight excluding hydrogens is 325 g/mol. The molecule has 2 rings (SSSR count). The van der Waals surface area contributed by atoms with Crippen LogP contribution in [0.2, 0.25) is 10.0 Å². The van der Waals surface area contributed by atoms with E-state index in [1.165, 1.54) is 11.0 Å². The van der Waals surface area contributed by atoms with Crippen LogP contribution in [0.1, 0.15) is 15.9 Å². The summed E-state index contributed by atoms with van der Waals surface area (Å²) >= 11 is 12.0. The van der Waals surface area contributed by atoms with Crippen molar-refractivity contribution in [3.63, 3.8) is 0 Å². The average molecular weight is 338 g/mol. The number of rotatable bonds is 5. The van der Waals surface area contributed by atoms with Crippen molar-refractivity contribution in [3.8, 4) is 11.1 Å². The molecule has 2 aromatic rings. The minimum atomic E-state index is -1.08. The molecule has 114 valence electrons. The zero-order chi connectivity index (χ0) is 16.3. The van der Waals surface area contributed by atoms with Gasteiger partial charge in [0.05, 0.1) is 10.6 Å². The smallest absolute Gasteiger partial charge is 0.337 e. The number of carboxylic acid groups (broad SMARTS) is 1. The molecule has 0 saturated carbocycles. The van der Waals surface area contributed by atoms with Gasteiger partial charge in [0.15, 0.2) is 0 Å². The molecule has 1 N–H and O–H groups in total. The number of nitrogens with zero attached hydrogens (tertiary/aromatic N) is 1. The average Bonchev–Trinajstić information content (AvgIpc) is 2.46. The Kier molecular flexibility index (Phi) is 5.06. The lowest BCUT2D eigenvalue weighted by Gasteiger charge is -2.15. The van der Waals surface area contributed by atoms with Gasteiger partial charge in [-0.2, -0.15) is 0 Å². The van der Waals surface area contributed by atoms with E-state index in [9.17, 15) is 9.59 Å². The van der Waals surface area contributed by atoms with E-state index in [0.717, 1.165) is 23.1 Å². The van der Waals surface area contributed by atoms with E-state index in [1.54, 1.807) is 31.3 Å². The molecule has 0 radical (unpaired) electrons. The summed E-state index contributed by atoms with van der Waals surface area (Å²) in [6.07, 6.45) is 0.727. The van der Waals surface area contributed by atoms with Gasteiger partial charge in [0.1, 0.15) is 0 Å². The first-order valence-electron chi connectivity index (χ1n) is 6.39. The summed E-state index contributed by atoms with van der Waals surface area (Å²) in [5.74, 6) is -1.08. The summed E-state index contributed by atoms with van der Waals surface area (Å²) in [5, 5.41) is 9.74. The molecule has 0 atom stereocenters. The standard InChI is InChI=1S/C16H13Cl2NO3/c1-19(9-20)8-11-6-12(17)3-5-13(11)10-2-4-14(16(21)22)15(18)7-10/h2-7,9H,8H2,1H3,(H,21,22). The molecule has 6 heteroatoms. The van der Waals surface area contributed by atoms with Gasteiger partial charge in [-0.3, -0.25) is 4.79 Å². The minimum Gasteiger partial charge on any atom is -0.478 e. The maximum atomic E-state index is 11.0. The summed E-state index contributed by atoms with van der Waals surface area (Å²) in [5.41, 5.74) is 2.50. The zero-order valence-corrected chi connectivity index (χ0v) is 13.2. The van der Waals surface area contributed by atoms with E-state index in [-0.39, 0.29) is 10.6 Å². The normalized spacial score (nSPS) is 10.3. The maximum absolute atomic E-state index is 11.0. The molecule has 4 nitrogen and oxygen atoms in total. The van der Waals surface area contributed by atoms with Crippen LogP contribution < -0.4 is 0 Å². The number of carbonyl (C=O) groups excluding carboxylic acids is 1. The third-order valence-corrected chi connectivity index (χ3v) is 3.73. The number of amides is 1. The van der Waals surface area contributed by atoms with Crippen LogP contribution in [0.15, 0.2) is 36.4 Å². The Bertz CT molecular complexity index is 731. The van der Waals surface area contributed by atoms with E-state index in [4.69, 9.17) is 28.3 Å². The highest BCUT2D eigenvalue weighted by atomic mass is 35.5. The van der Waals surface area contributed by atoms with Crippen LogP contribution in [-0.2, 0) is 11.3 Å². The second-order valence-corrected chi connectivity index (χ2v) is 5.67. The Morgan fingerprint density at radius 1 is 1.23 bits per heavy atom. The fraction of sp³-hybridized carbons (Fsp3) is 0.125. The molecule has 0 fully saturated rings. The van der Waals surface area contributed by atoms with E-state index in [0.29, 0.717) is 11.6 Å². The van der Waals surface area contributed by atoms with Gasteiger partial charge in [-0.25, -0.2) is 4.79 Å². The van der Waals surface area contributed by atoms with Crippen LogP contribution in [0.4, 0.5) is 0 Å². The van der Waals surface area contributed by atoms with Gasteiger partial charge < -0.3 is 10.0 Å². The predicted molar refractivity (Wildman–Crippen MR) is 86.4 cm³/mol. The van der Waals surface area contributed by atoms with Crippen LogP contribution >= 0.6 is 23.2 Å². The first-order chi connectivity index (χ1) is 10.4. The number of halogens is 2. The van der Waals surface area contributed by atoms with Crippen molar-refractivity contribution in [2.45, 2.75) is 6.54 Å². The first-order valence-corrected chi connectivity index (χ1v) is 7.15. The minimum absolute atomic E-state index is 0.0472. The number of carbonyl (C=O) groups is 2. The molecule has 0 heterocycles. The predicted octanol–water partition coefficient (Wildman–Crippen LogP) is 3.95. The van der Waals surface area contributed by atoms with Crippen LogP contribution in [0.5, 0.6) is 0 Å². The summed E-state index contributed by atoms with van der Waals surface area (Å²) < 4.78 is 0. The topological polar surface area (TPSA) is 57.6 Å². The van der Waals surface area contributed by atoms with Crippen LogP contribution in [-0.4, -0.2) is 29.4 Å². The number of carboxylic acids is 1. The SMILES string of the molecule is CN(C=O)Cc1cc(Cl)ccc1-c1ccc(C(=O)O)c(Cl)c1. The summed E-state index contributed by atoms with van der Waals surface area (Å²) in [6.45, 7) is 0.387. The Balaban J connectivity index is 2.50. The Labute approximate surface area is 137 Å². The van der Waals surface area contributed by atoms with Crippen molar-refractivity contribution in [2.75, 3.05) is 7.05 Å². The third kappa shape index (κ3) is 3.59. The molecule has 1 amide bonds. The van der Waals surface area contributed by atoms with Crippen molar-refractivity contribution < 1.29 is 14.7 Å². The molecule has 2 aromatic carbocycles. The lowest BCUT2D eigenvalue weighted by molar-refractivity contribution is -0.117. The van der Waals surface area contributed by atoms with E-state index < -0.39 is 5.97 Å². The highest BCUT2D eigenvalue weighted by molar-refractivity contribution is 6.33. The van der Waals surface area contributed by atoms with Crippen molar-refractivity contribution in [1.29, 1.82) is 0 Å². The Hall–Kier alpha value is -2.04. The van der Waals surface area contributed by atoms with Gasteiger partial charge in [-0.1, -0.05) is 35.3 Å². The fourth-order valence-corrected chi connectivity index (χ4v) is 2.59. The Morgan fingerprint density at radius 3 is 2.55 bits per heavy atom. The quantitative estimate of drug-likeness (QED) is 0.840. The molecular formula is C16H13Cl2NO3. The highest BCUT2D eigenvalue weighted by Crippen LogP contribution is 2.30. The van der Waals surface area contributed by atoms with Crippen molar-refractivity contribution in [3.05, 3.63) is 57.6 Å². The van der Waals surface area contributed by atoms with Crippen molar-refractivity contribution in [1.82, 2.24) is 4.90 Å². The molecule has 0 bridgehead atoms. The fourth-order valence-electron chi connectivity index (χ4n) is 2.14. The summed E-state index contributed by atoms with van der Waals surface area (Å²) in [6, 6.07) is 10.1. The van der Waals surface area contributed by atoms with Gasteiger partial charge in [0, 0.05) is 18.6 Å². The molecule has 0 spiro atoms. The number of hydrogen-bond donors (Lipinski definition) is 1. The Morgan fingerprint density at radius 2 is 1.95 bits per heavy atom. The second-order valence-electron chi connectivity index (χ2n) is 4.82. The molecule has 0 aromatic heterocycles. The largest absolute Gasteiger partial charge is 0.478 e. The maximum Gasteiger partial charge on any atom is 0.337 e. The van der Waals surface area contributed by atoms with Gasteiger partial charge >= 0.3 is 5.97 Å². The monoisotopic (exact) mass is 337 g/mol. The lowest BCUT2D eigenvalue weighted by Crippen LogP contribution is -2.15. The van der Waals surface area contributed by atoms with Crippen LogP contribution in [0.3, 0.4) is 0 Å². The first kappa shape index (κ1) is 16.3. The van der Waals surface area contributed by atoms with Crippen molar-refractivity contribution in [2.24, 2.45) is 0 Å². The van der Waals surface area contributed by atoms with E-state index >= 15 is 0 Å². The molecule has 0 unspecified atom stereocenters. The number of aromatic carboxylic acids is 1. The summed E-state index contributed by atoms with van der Waals surface area (Å²) in [7, 11) is 1.66. The molecule has 0 aliphatic carbocycles. The second kappa shape index (κ2) is 6.81. The molecule has 0 aliphatic rings. The molecule has 22 heavy (non-hydrogen) atoms. The molecule has 0 saturated heterocycles.